The molecule has 0 amide bonds. The van der Waals surface area contributed by atoms with Crippen molar-refractivity contribution in [2.45, 2.75) is 30.7 Å². The first-order valence-electron chi connectivity index (χ1n) is 7.14. The summed E-state index contributed by atoms with van der Waals surface area (Å²) in [6.45, 7) is 2.01. The lowest BCUT2D eigenvalue weighted by Gasteiger charge is -2.18. The molecule has 0 saturated heterocycles. The minimum absolute atomic E-state index is 0.114. The molecule has 0 aliphatic heterocycles. The number of nitrogens with one attached hydrogen (secondary N) is 1. The Morgan fingerprint density at radius 3 is 2.50 bits per heavy atom. The number of rotatable bonds is 6. The van der Waals surface area contributed by atoms with E-state index in [1.807, 2.05) is 43.3 Å². The second-order valence-corrected chi connectivity index (χ2v) is 6.73. The van der Waals surface area contributed by atoms with Gasteiger partial charge in [-0.05, 0) is 30.2 Å². The molecule has 0 aliphatic rings. The second kappa shape index (κ2) is 7.21. The molecule has 0 aliphatic carbocycles. The third kappa shape index (κ3) is 3.94. The Hall–Kier alpha value is -2.16. The molecule has 5 heteroatoms. The lowest BCUT2D eigenvalue weighted by molar-refractivity contribution is 0.536. The van der Waals surface area contributed by atoms with Gasteiger partial charge in [0, 0.05) is 6.04 Å². The number of hydrogen-bond donors (Lipinski definition) is 1. The highest BCUT2D eigenvalue weighted by Gasteiger charge is 2.21. The Morgan fingerprint density at radius 2 is 1.86 bits per heavy atom. The van der Waals surface area contributed by atoms with Crippen LogP contribution in [-0.4, -0.2) is 8.42 Å². The van der Waals surface area contributed by atoms with Crippen molar-refractivity contribution in [3.8, 4) is 6.07 Å². The summed E-state index contributed by atoms with van der Waals surface area (Å²) in [7, 11) is -3.66. The zero-order chi connectivity index (χ0) is 16.0. The van der Waals surface area contributed by atoms with Gasteiger partial charge >= 0.3 is 0 Å². The zero-order valence-electron chi connectivity index (χ0n) is 12.4. The van der Waals surface area contributed by atoms with Gasteiger partial charge in [0.15, 0.2) is 0 Å². The lowest BCUT2D eigenvalue weighted by Crippen LogP contribution is -2.28. The van der Waals surface area contributed by atoms with Gasteiger partial charge in [0.2, 0.25) is 10.0 Å². The van der Waals surface area contributed by atoms with Gasteiger partial charge < -0.3 is 0 Å². The predicted octanol–water partition coefficient (Wildman–Crippen LogP) is 3.38. The fourth-order valence-corrected chi connectivity index (χ4v) is 3.56. The minimum Gasteiger partial charge on any atom is -0.207 e. The molecule has 2 aromatic rings. The summed E-state index contributed by atoms with van der Waals surface area (Å²) < 4.78 is 27.8. The summed E-state index contributed by atoms with van der Waals surface area (Å²) in [5.41, 5.74) is 1.26. The van der Waals surface area contributed by atoms with Crippen LogP contribution >= 0.6 is 0 Å². The molecule has 114 valence electrons. The highest BCUT2D eigenvalue weighted by Crippen LogP contribution is 2.21. The van der Waals surface area contributed by atoms with Crippen LogP contribution in [0.3, 0.4) is 0 Å². The van der Waals surface area contributed by atoms with Gasteiger partial charge in [-0.15, -0.1) is 0 Å². The number of benzene rings is 2. The SMILES string of the molecule is CCC[C@@H](NS(=O)(=O)c1cccc(C#N)c1)c1ccccc1. The van der Waals surface area contributed by atoms with Crippen molar-refractivity contribution >= 4 is 10.0 Å². The van der Waals surface area contributed by atoms with Crippen molar-refractivity contribution in [3.63, 3.8) is 0 Å². The summed E-state index contributed by atoms with van der Waals surface area (Å²) in [6, 6.07) is 17.2. The maximum absolute atomic E-state index is 12.5. The van der Waals surface area contributed by atoms with Crippen LogP contribution in [0.25, 0.3) is 0 Å². The molecule has 2 aromatic carbocycles. The Kier molecular flexibility index (Phi) is 5.31. The van der Waals surface area contributed by atoms with E-state index < -0.39 is 10.0 Å². The first kappa shape index (κ1) is 16.2. The van der Waals surface area contributed by atoms with E-state index in [0.717, 1.165) is 12.0 Å². The van der Waals surface area contributed by atoms with Crippen LogP contribution in [0.2, 0.25) is 0 Å². The average Bonchev–Trinajstić information content (AvgIpc) is 2.55. The van der Waals surface area contributed by atoms with E-state index in [9.17, 15) is 8.42 Å². The maximum atomic E-state index is 12.5. The molecule has 2 rings (SSSR count). The second-order valence-electron chi connectivity index (χ2n) is 5.01. The molecule has 0 radical (unpaired) electrons. The number of hydrogen-bond acceptors (Lipinski definition) is 3. The molecule has 4 nitrogen and oxygen atoms in total. The van der Waals surface area contributed by atoms with Gasteiger partial charge in [0.25, 0.3) is 0 Å². The van der Waals surface area contributed by atoms with E-state index in [1.165, 1.54) is 12.1 Å². The standard InChI is InChI=1S/C17H18N2O2S/c1-2-7-17(15-9-4-3-5-10-15)19-22(20,21)16-11-6-8-14(12-16)13-18/h3-6,8-12,17,19H,2,7H2,1H3/t17-/m1/s1. The van der Waals surface area contributed by atoms with E-state index >= 15 is 0 Å². The monoisotopic (exact) mass is 314 g/mol. The molecule has 0 saturated carbocycles. The fourth-order valence-electron chi connectivity index (χ4n) is 2.26. The van der Waals surface area contributed by atoms with Crippen molar-refractivity contribution in [3.05, 3.63) is 65.7 Å². The number of sulfonamides is 1. The van der Waals surface area contributed by atoms with Crippen molar-refractivity contribution in [2.24, 2.45) is 0 Å². The van der Waals surface area contributed by atoms with Crippen LogP contribution in [0.4, 0.5) is 0 Å². The highest BCUT2D eigenvalue weighted by molar-refractivity contribution is 7.89. The third-order valence-corrected chi connectivity index (χ3v) is 4.82. The lowest BCUT2D eigenvalue weighted by atomic mass is 10.0. The molecule has 22 heavy (non-hydrogen) atoms. The van der Waals surface area contributed by atoms with Crippen LogP contribution in [0.5, 0.6) is 0 Å². The van der Waals surface area contributed by atoms with Crippen LogP contribution in [-0.2, 0) is 10.0 Å². The van der Waals surface area contributed by atoms with E-state index in [0.29, 0.717) is 12.0 Å². The Balaban J connectivity index is 2.30. The van der Waals surface area contributed by atoms with E-state index in [2.05, 4.69) is 4.72 Å². The van der Waals surface area contributed by atoms with Crippen molar-refractivity contribution in [2.75, 3.05) is 0 Å². The highest BCUT2D eigenvalue weighted by atomic mass is 32.2. The van der Waals surface area contributed by atoms with Crippen molar-refractivity contribution in [1.29, 1.82) is 5.26 Å². The van der Waals surface area contributed by atoms with Gasteiger partial charge in [0.05, 0.1) is 16.5 Å². The molecular weight excluding hydrogens is 296 g/mol. The first-order chi connectivity index (χ1) is 10.6. The third-order valence-electron chi connectivity index (χ3n) is 3.35. The van der Waals surface area contributed by atoms with E-state index in [1.54, 1.807) is 12.1 Å². The molecule has 1 atom stereocenters. The molecule has 0 bridgehead atoms. The predicted molar refractivity (Wildman–Crippen MR) is 85.6 cm³/mol. The number of nitrogens with zero attached hydrogens (tertiary/aromatic N) is 1. The topological polar surface area (TPSA) is 70.0 Å². The Labute approximate surface area is 131 Å². The number of nitriles is 1. The van der Waals surface area contributed by atoms with Crippen molar-refractivity contribution in [1.82, 2.24) is 4.72 Å². The molecular formula is C17H18N2O2S. The molecule has 0 fully saturated rings. The minimum atomic E-state index is -3.66. The summed E-state index contributed by atoms with van der Waals surface area (Å²) in [6.07, 6.45) is 1.57. The van der Waals surface area contributed by atoms with Crippen LogP contribution < -0.4 is 4.72 Å². The largest absolute Gasteiger partial charge is 0.241 e. The zero-order valence-corrected chi connectivity index (χ0v) is 13.2. The summed E-state index contributed by atoms with van der Waals surface area (Å²) in [5, 5.41) is 8.91. The molecule has 0 heterocycles. The Bertz CT molecular complexity index is 765. The molecule has 0 spiro atoms. The smallest absolute Gasteiger partial charge is 0.207 e. The Morgan fingerprint density at radius 1 is 1.14 bits per heavy atom. The summed E-state index contributed by atoms with van der Waals surface area (Å²) in [4.78, 5) is 0.114. The van der Waals surface area contributed by atoms with Gasteiger partial charge in [0.1, 0.15) is 0 Å². The molecule has 0 unspecified atom stereocenters. The van der Waals surface area contributed by atoms with Gasteiger partial charge in [-0.3, -0.25) is 0 Å². The van der Waals surface area contributed by atoms with E-state index in [4.69, 9.17) is 5.26 Å². The maximum Gasteiger partial charge on any atom is 0.241 e. The quantitative estimate of drug-likeness (QED) is 0.888. The van der Waals surface area contributed by atoms with Crippen LogP contribution in [0.1, 0.15) is 36.9 Å². The normalized spacial score (nSPS) is 12.5. The van der Waals surface area contributed by atoms with Crippen LogP contribution in [0.15, 0.2) is 59.5 Å². The summed E-state index contributed by atoms with van der Waals surface area (Å²) >= 11 is 0. The molecule has 1 N–H and O–H groups in total. The van der Waals surface area contributed by atoms with E-state index in [-0.39, 0.29) is 10.9 Å². The first-order valence-corrected chi connectivity index (χ1v) is 8.62. The fraction of sp³-hybridized carbons (Fsp3) is 0.235. The van der Waals surface area contributed by atoms with Gasteiger partial charge in [-0.25, -0.2) is 13.1 Å². The molecule has 0 aromatic heterocycles. The average molecular weight is 314 g/mol. The van der Waals surface area contributed by atoms with Gasteiger partial charge in [-0.2, -0.15) is 5.26 Å². The summed E-state index contributed by atoms with van der Waals surface area (Å²) in [5.74, 6) is 0. The van der Waals surface area contributed by atoms with Gasteiger partial charge in [-0.1, -0.05) is 49.7 Å². The van der Waals surface area contributed by atoms with Crippen LogP contribution in [0, 0.1) is 11.3 Å². The van der Waals surface area contributed by atoms with Crippen molar-refractivity contribution < 1.29 is 8.42 Å².